The van der Waals surface area contributed by atoms with Crippen molar-refractivity contribution in [2.75, 3.05) is 5.73 Å². The summed E-state index contributed by atoms with van der Waals surface area (Å²) in [5.41, 5.74) is 9.21. The summed E-state index contributed by atoms with van der Waals surface area (Å²) in [7, 11) is 0. The summed E-state index contributed by atoms with van der Waals surface area (Å²) < 4.78 is 2.11. The highest BCUT2D eigenvalue weighted by Crippen LogP contribution is 2.23. The monoisotopic (exact) mass is 281 g/mol. The van der Waals surface area contributed by atoms with Gasteiger partial charge in [0.15, 0.2) is 0 Å². The third-order valence-corrected chi connectivity index (χ3v) is 3.67. The van der Waals surface area contributed by atoms with Gasteiger partial charge in [-0.1, -0.05) is 17.7 Å². The predicted octanol–water partition coefficient (Wildman–Crippen LogP) is 3.80. The Labute approximate surface area is 121 Å². The number of nitrogen functional groups attached to an aromatic ring is 1. The van der Waals surface area contributed by atoms with E-state index in [-0.39, 0.29) is 0 Å². The lowest BCUT2D eigenvalue weighted by molar-refractivity contribution is 0.837. The molecule has 2 N–H and O–H groups in total. The van der Waals surface area contributed by atoms with Crippen molar-refractivity contribution in [3.63, 3.8) is 0 Å². The van der Waals surface area contributed by atoms with Crippen LogP contribution in [0.4, 0.5) is 5.69 Å². The number of nitrogens with two attached hydrogens (primary N) is 1. The lowest BCUT2D eigenvalue weighted by Crippen LogP contribution is -1.99. The van der Waals surface area contributed by atoms with Gasteiger partial charge in [0.05, 0.1) is 11.6 Å². The van der Waals surface area contributed by atoms with Crippen LogP contribution in [0.15, 0.2) is 48.7 Å². The van der Waals surface area contributed by atoms with Crippen LogP contribution >= 0.6 is 11.6 Å². The maximum Gasteiger partial charge on any atom is 0.0992 e. The van der Waals surface area contributed by atoms with E-state index in [4.69, 9.17) is 22.6 Å². The maximum absolute atomic E-state index is 8.85. The van der Waals surface area contributed by atoms with E-state index in [1.807, 2.05) is 36.5 Å². The zero-order valence-electron chi connectivity index (χ0n) is 10.7. The molecule has 0 amide bonds. The van der Waals surface area contributed by atoms with Gasteiger partial charge >= 0.3 is 0 Å². The van der Waals surface area contributed by atoms with Crippen LogP contribution in [0.3, 0.4) is 0 Å². The molecule has 3 rings (SSSR count). The zero-order valence-corrected chi connectivity index (χ0v) is 11.4. The molecule has 1 heterocycles. The Kier molecular flexibility index (Phi) is 3.09. The Morgan fingerprint density at radius 2 is 2.00 bits per heavy atom. The first-order valence-electron chi connectivity index (χ1n) is 6.20. The van der Waals surface area contributed by atoms with E-state index < -0.39 is 0 Å². The minimum Gasteiger partial charge on any atom is -0.399 e. The Balaban J connectivity index is 1.99. The van der Waals surface area contributed by atoms with Gasteiger partial charge in [0.2, 0.25) is 0 Å². The highest BCUT2D eigenvalue weighted by atomic mass is 35.5. The second-order valence-corrected chi connectivity index (χ2v) is 5.09. The van der Waals surface area contributed by atoms with E-state index in [0.29, 0.717) is 17.1 Å². The van der Waals surface area contributed by atoms with Gasteiger partial charge in [-0.15, -0.1) is 0 Å². The molecule has 0 saturated carbocycles. The minimum absolute atomic E-state index is 0.573. The molecule has 0 aliphatic heterocycles. The number of rotatable bonds is 2. The number of halogens is 1. The molecule has 20 heavy (non-hydrogen) atoms. The van der Waals surface area contributed by atoms with Gasteiger partial charge in [-0.25, -0.2) is 0 Å². The van der Waals surface area contributed by atoms with Crippen molar-refractivity contribution < 1.29 is 0 Å². The molecule has 3 aromatic rings. The normalized spacial score (nSPS) is 10.6. The van der Waals surface area contributed by atoms with E-state index in [1.54, 1.807) is 12.1 Å². The van der Waals surface area contributed by atoms with E-state index in [0.717, 1.165) is 22.2 Å². The van der Waals surface area contributed by atoms with Gasteiger partial charge in [-0.05, 0) is 42.0 Å². The van der Waals surface area contributed by atoms with Crippen molar-refractivity contribution in [2.24, 2.45) is 0 Å². The molecule has 4 heteroatoms. The Hall–Kier alpha value is -2.44. The number of aromatic nitrogens is 1. The van der Waals surface area contributed by atoms with Gasteiger partial charge in [-0.2, -0.15) is 5.26 Å². The summed E-state index contributed by atoms with van der Waals surface area (Å²) in [5, 5.41) is 10.6. The molecule has 0 unspecified atom stereocenters. The van der Waals surface area contributed by atoms with E-state index in [2.05, 4.69) is 10.6 Å². The zero-order chi connectivity index (χ0) is 14.1. The largest absolute Gasteiger partial charge is 0.399 e. The van der Waals surface area contributed by atoms with Crippen LogP contribution < -0.4 is 5.73 Å². The number of benzene rings is 2. The second-order valence-electron chi connectivity index (χ2n) is 4.68. The maximum atomic E-state index is 8.85. The quantitative estimate of drug-likeness (QED) is 0.727. The Morgan fingerprint density at radius 1 is 1.15 bits per heavy atom. The molecule has 0 atom stereocenters. The molecular formula is C16H12ClN3. The lowest BCUT2D eigenvalue weighted by Gasteiger charge is -2.08. The lowest BCUT2D eigenvalue weighted by atomic mass is 10.1. The number of nitrogens with zero attached hydrogens (tertiary/aromatic N) is 2. The average molecular weight is 282 g/mol. The Bertz CT molecular complexity index is 827. The molecule has 98 valence electrons. The number of hydrogen-bond acceptors (Lipinski definition) is 2. The molecule has 1 aromatic heterocycles. The first kappa shape index (κ1) is 12.6. The van der Waals surface area contributed by atoms with Crippen molar-refractivity contribution in [3.05, 3.63) is 64.8 Å². The third kappa shape index (κ3) is 2.22. The van der Waals surface area contributed by atoms with Crippen LogP contribution in [0.25, 0.3) is 10.9 Å². The van der Waals surface area contributed by atoms with Crippen LogP contribution in [-0.4, -0.2) is 4.57 Å². The molecule has 0 saturated heterocycles. The summed E-state index contributed by atoms with van der Waals surface area (Å²) in [4.78, 5) is 0. The number of fused-ring (bicyclic) bond motifs is 1. The molecule has 0 aliphatic carbocycles. The van der Waals surface area contributed by atoms with Gasteiger partial charge in [0, 0.05) is 34.4 Å². The molecule has 0 aliphatic rings. The fourth-order valence-electron chi connectivity index (χ4n) is 2.29. The van der Waals surface area contributed by atoms with E-state index in [1.165, 1.54) is 0 Å². The highest BCUT2D eigenvalue weighted by molar-refractivity contribution is 6.31. The third-order valence-electron chi connectivity index (χ3n) is 3.32. The van der Waals surface area contributed by atoms with Gasteiger partial charge < -0.3 is 10.3 Å². The van der Waals surface area contributed by atoms with Gasteiger partial charge in [0.25, 0.3) is 0 Å². The van der Waals surface area contributed by atoms with Crippen LogP contribution in [0.1, 0.15) is 11.1 Å². The highest BCUT2D eigenvalue weighted by Gasteiger charge is 2.06. The fourth-order valence-corrected chi connectivity index (χ4v) is 2.53. The summed E-state index contributed by atoms with van der Waals surface area (Å²) >= 11 is 6.22. The van der Waals surface area contributed by atoms with Crippen molar-refractivity contribution in [1.29, 1.82) is 5.26 Å². The molecule has 0 radical (unpaired) electrons. The molecule has 2 aromatic carbocycles. The fraction of sp³-hybridized carbons (Fsp3) is 0.0625. The number of hydrogen-bond donors (Lipinski definition) is 1. The summed E-state index contributed by atoms with van der Waals surface area (Å²) in [6.07, 6.45) is 2.01. The minimum atomic E-state index is 0.573. The van der Waals surface area contributed by atoms with Crippen LogP contribution in [-0.2, 0) is 6.54 Å². The smallest absolute Gasteiger partial charge is 0.0992 e. The van der Waals surface area contributed by atoms with Gasteiger partial charge in [-0.3, -0.25) is 0 Å². The molecule has 0 spiro atoms. The standard InChI is InChI=1S/C16H12ClN3/c17-15-7-11(9-18)1-2-13(15)10-20-6-5-12-8-14(19)3-4-16(12)20/h1-8H,10,19H2. The Morgan fingerprint density at radius 3 is 2.75 bits per heavy atom. The first-order chi connectivity index (χ1) is 9.67. The van der Waals surface area contributed by atoms with Crippen molar-refractivity contribution in [2.45, 2.75) is 6.54 Å². The topological polar surface area (TPSA) is 54.7 Å². The molecule has 0 fully saturated rings. The molecular weight excluding hydrogens is 270 g/mol. The summed E-state index contributed by atoms with van der Waals surface area (Å²) in [6, 6.07) is 15.3. The van der Waals surface area contributed by atoms with Crippen LogP contribution in [0.2, 0.25) is 5.02 Å². The summed E-state index contributed by atoms with van der Waals surface area (Å²) in [5.74, 6) is 0. The van der Waals surface area contributed by atoms with Crippen molar-refractivity contribution in [1.82, 2.24) is 4.57 Å². The van der Waals surface area contributed by atoms with Crippen molar-refractivity contribution in [3.8, 4) is 6.07 Å². The summed E-state index contributed by atoms with van der Waals surface area (Å²) in [6.45, 7) is 0.665. The first-order valence-corrected chi connectivity index (χ1v) is 6.58. The predicted molar refractivity (Wildman–Crippen MR) is 81.6 cm³/mol. The van der Waals surface area contributed by atoms with Crippen LogP contribution in [0, 0.1) is 11.3 Å². The van der Waals surface area contributed by atoms with Gasteiger partial charge in [0.1, 0.15) is 0 Å². The number of anilines is 1. The van der Waals surface area contributed by atoms with E-state index >= 15 is 0 Å². The van der Waals surface area contributed by atoms with Crippen LogP contribution in [0.5, 0.6) is 0 Å². The molecule has 0 bridgehead atoms. The molecule has 3 nitrogen and oxygen atoms in total. The number of nitriles is 1. The SMILES string of the molecule is N#Cc1ccc(Cn2ccc3cc(N)ccc32)c(Cl)c1. The second kappa shape index (κ2) is 4.92. The van der Waals surface area contributed by atoms with E-state index in [9.17, 15) is 0 Å². The van der Waals surface area contributed by atoms with Crippen molar-refractivity contribution >= 4 is 28.2 Å². The average Bonchev–Trinajstić information content (AvgIpc) is 2.83.